The van der Waals surface area contributed by atoms with Crippen molar-refractivity contribution in [2.75, 3.05) is 19.0 Å². The number of benzene rings is 2. The molecule has 2 aromatic carbocycles. The van der Waals surface area contributed by atoms with E-state index in [0.717, 1.165) is 16.5 Å². The van der Waals surface area contributed by atoms with Gasteiger partial charge in [-0.15, -0.1) is 0 Å². The van der Waals surface area contributed by atoms with E-state index in [0.29, 0.717) is 18.5 Å². The highest BCUT2D eigenvalue weighted by Gasteiger charge is 2.17. The molecule has 0 radical (unpaired) electrons. The Morgan fingerprint density at radius 3 is 2.59 bits per heavy atom. The van der Waals surface area contributed by atoms with E-state index in [2.05, 4.69) is 15.0 Å². The van der Waals surface area contributed by atoms with Crippen molar-refractivity contribution in [3.8, 4) is 0 Å². The summed E-state index contributed by atoms with van der Waals surface area (Å²) in [6.45, 7) is 2.01. The Balaban J connectivity index is 1.57. The quantitative estimate of drug-likeness (QED) is 0.500. The Morgan fingerprint density at radius 2 is 1.86 bits per heavy atom. The lowest BCUT2D eigenvalue weighted by molar-refractivity contribution is -0.116. The van der Waals surface area contributed by atoms with Crippen LogP contribution in [0.25, 0.3) is 10.9 Å². The first-order valence-electron chi connectivity index (χ1n) is 9.35. The lowest BCUT2D eigenvalue weighted by Crippen LogP contribution is -2.35. The Labute approximate surface area is 170 Å². The van der Waals surface area contributed by atoms with Crippen molar-refractivity contribution < 1.29 is 17.9 Å². The number of para-hydroxylation sites is 1. The SMILES string of the molecule is COCC(C)NS(=O)(=O)c1ccc(NC(=O)CCc2c[nH]c3ccccc23)cc1. The lowest BCUT2D eigenvalue weighted by Gasteiger charge is -2.13. The highest BCUT2D eigenvalue weighted by atomic mass is 32.2. The Morgan fingerprint density at radius 1 is 1.14 bits per heavy atom. The molecule has 1 unspecified atom stereocenters. The number of nitrogens with one attached hydrogen (secondary N) is 3. The van der Waals surface area contributed by atoms with E-state index < -0.39 is 10.0 Å². The summed E-state index contributed by atoms with van der Waals surface area (Å²) in [5, 5.41) is 3.92. The largest absolute Gasteiger partial charge is 0.383 e. The van der Waals surface area contributed by atoms with Gasteiger partial charge in [-0.3, -0.25) is 4.79 Å². The molecule has 29 heavy (non-hydrogen) atoms. The van der Waals surface area contributed by atoms with Crippen molar-refractivity contribution in [1.29, 1.82) is 0 Å². The molecule has 0 saturated carbocycles. The van der Waals surface area contributed by atoms with Gasteiger partial charge in [0, 0.05) is 42.4 Å². The molecule has 0 aliphatic heterocycles. The van der Waals surface area contributed by atoms with Crippen molar-refractivity contribution in [3.63, 3.8) is 0 Å². The van der Waals surface area contributed by atoms with E-state index in [9.17, 15) is 13.2 Å². The second-order valence-electron chi connectivity index (χ2n) is 6.91. The molecule has 0 spiro atoms. The van der Waals surface area contributed by atoms with Gasteiger partial charge in [0.2, 0.25) is 15.9 Å². The normalized spacial score (nSPS) is 12.8. The third-order valence-electron chi connectivity index (χ3n) is 4.52. The van der Waals surface area contributed by atoms with Crippen LogP contribution < -0.4 is 10.0 Å². The minimum atomic E-state index is -3.63. The molecule has 0 bridgehead atoms. The highest BCUT2D eigenvalue weighted by molar-refractivity contribution is 7.89. The first kappa shape index (κ1) is 21.0. The van der Waals surface area contributed by atoms with Crippen LogP contribution in [0.3, 0.4) is 0 Å². The number of hydrogen-bond acceptors (Lipinski definition) is 4. The number of carbonyl (C=O) groups excluding carboxylic acids is 1. The Kier molecular flexibility index (Phi) is 6.68. The number of fused-ring (bicyclic) bond motifs is 1. The van der Waals surface area contributed by atoms with Gasteiger partial charge in [-0.2, -0.15) is 0 Å². The number of anilines is 1. The van der Waals surface area contributed by atoms with Crippen molar-refractivity contribution in [3.05, 3.63) is 60.3 Å². The maximum Gasteiger partial charge on any atom is 0.240 e. The zero-order chi connectivity index (χ0) is 20.9. The Hall–Kier alpha value is -2.68. The number of rotatable bonds is 9. The average Bonchev–Trinajstić information content (AvgIpc) is 3.10. The molecular weight excluding hydrogens is 390 g/mol. The summed E-state index contributed by atoms with van der Waals surface area (Å²) in [6.07, 6.45) is 2.87. The summed E-state index contributed by atoms with van der Waals surface area (Å²) in [4.78, 5) is 15.6. The lowest BCUT2D eigenvalue weighted by atomic mass is 10.1. The third kappa shape index (κ3) is 5.44. The topological polar surface area (TPSA) is 100 Å². The van der Waals surface area contributed by atoms with Gasteiger partial charge in [0.05, 0.1) is 11.5 Å². The average molecular weight is 416 g/mol. The number of aromatic nitrogens is 1. The number of sulfonamides is 1. The molecular formula is C21H25N3O4S. The summed E-state index contributed by atoms with van der Waals surface area (Å²) in [6, 6.07) is 13.7. The van der Waals surface area contributed by atoms with E-state index >= 15 is 0 Å². The van der Waals surface area contributed by atoms with E-state index in [1.165, 1.54) is 19.2 Å². The van der Waals surface area contributed by atoms with E-state index in [1.54, 1.807) is 19.1 Å². The molecule has 0 fully saturated rings. The van der Waals surface area contributed by atoms with Crippen molar-refractivity contribution in [1.82, 2.24) is 9.71 Å². The number of methoxy groups -OCH3 is 1. The fraction of sp³-hybridized carbons (Fsp3) is 0.286. The van der Waals surface area contributed by atoms with Crippen molar-refractivity contribution in [2.45, 2.75) is 30.7 Å². The smallest absolute Gasteiger partial charge is 0.240 e. The molecule has 3 N–H and O–H groups in total. The number of aryl methyl sites for hydroxylation is 1. The van der Waals surface area contributed by atoms with Gasteiger partial charge in [-0.05, 0) is 49.2 Å². The molecule has 0 aliphatic rings. The van der Waals surface area contributed by atoms with Crippen LogP contribution in [0.2, 0.25) is 0 Å². The number of H-pyrrole nitrogens is 1. The van der Waals surface area contributed by atoms with E-state index in [-0.39, 0.29) is 23.5 Å². The van der Waals surface area contributed by atoms with Crippen LogP contribution in [0.5, 0.6) is 0 Å². The molecule has 1 amide bonds. The molecule has 1 aromatic heterocycles. The fourth-order valence-electron chi connectivity index (χ4n) is 3.14. The minimum Gasteiger partial charge on any atom is -0.383 e. The standard InChI is InChI=1S/C21H25N3O4S/c1-15(14-28-2)24-29(26,27)18-10-8-17(9-11-18)23-21(25)12-7-16-13-22-20-6-4-3-5-19(16)20/h3-6,8-11,13,15,22,24H,7,12,14H2,1-2H3,(H,23,25). The summed E-state index contributed by atoms with van der Waals surface area (Å²) in [5.74, 6) is -0.127. The molecule has 7 nitrogen and oxygen atoms in total. The van der Waals surface area contributed by atoms with Gasteiger partial charge in [0.1, 0.15) is 0 Å². The number of hydrogen-bond donors (Lipinski definition) is 3. The van der Waals surface area contributed by atoms with Crippen LogP contribution in [-0.2, 0) is 26.0 Å². The van der Waals surface area contributed by atoms with Gasteiger partial charge in [0.15, 0.2) is 0 Å². The van der Waals surface area contributed by atoms with Crippen LogP contribution in [0, 0.1) is 0 Å². The molecule has 1 atom stereocenters. The van der Waals surface area contributed by atoms with Gasteiger partial charge in [-0.25, -0.2) is 13.1 Å². The molecule has 3 rings (SSSR count). The van der Waals surface area contributed by atoms with Crippen LogP contribution in [0.4, 0.5) is 5.69 Å². The number of carbonyl (C=O) groups is 1. The highest BCUT2D eigenvalue weighted by Crippen LogP contribution is 2.19. The van der Waals surface area contributed by atoms with Gasteiger partial charge in [-0.1, -0.05) is 18.2 Å². The zero-order valence-corrected chi connectivity index (χ0v) is 17.3. The molecule has 8 heteroatoms. The molecule has 3 aromatic rings. The summed E-state index contributed by atoms with van der Waals surface area (Å²) in [7, 11) is -2.12. The zero-order valence-electron chi connectivity index (χ0n) is 16.4. The number of ether oxygens (including phenoxy) is 1. The fourth-order valence-corrected chi connectivity index (χ4v) is 4.37. The molecule has 0 aliphatic carbocycles. The summed E-state index contributed by atoms with van der Waals surface area (Å²) < 4.78 is 32.2. The van der Waals surface area contributed by atoms with E-state index in [1.807, 2.05) is 30.5 Å². The van der Waals surface area contributed by atoms with Crippen LogP contribution >= 0.6 is 0 Å². The maximum atomic E-state index is 12.3. The minimum absolute atomic E-state index is 0.127. The first-order valence-corrected chi connectivity index (χ1v) is 10.8. The van der Waals surface area contributed by atoms with Gasteiger partial charge < -0.3 is 15.0 Å². The number of aromatic amines is 1. The van der Waals surface area contributed by atoms with Crippen molar-refractivity contribution in [2.24, 2.45) is 0 Å². The van der Waals surface area contributed by atoms with Crippen LogP contribution in [-0.4, -0.2) is 39.1 Å². The predicted molar refractivity (Wildman–Crippen MR) is 113 cm³/mol. The predicted octanol–water partition coefficient (Wildman–Crippen LogP) is 3.05. The van der Waals surface area contributed by atoms with Crippen LogP contribution in [0.15, 0.2) is 59.6 Å². The van der Waals surface area contributed by atoms with Crippen molar-refractivity contribution >= 4 is 32.5 Å². The Bertz CT molecular complexity index is 1070. The van der Waals surface area contributed by atoms with Crippen LogP contribution in [0.1, 0.15) is 18.9 Å². The summed E-state index contributed by atoms with van der Waals surface area (Å²) >= 11 is 0. The molecule has 1 heterocycles. The molecule has 154 valence electrons. The second kappa shape index (κ2) is 9.21. The molecule has 0 saturated heterocycles. The second-order valence-corrected chi connectivity index (χ2v) is 8.62. The maximum absolute atomic E-state index is 12.3. The first-order chi connectivity index (χ1) is 13.9. The van der Waals surface area contributed by atoms with E-state index in [4.69, 9.17) is 4.74 Å². The van der Waals surface area contributed by atoms with Gasteiger partial charge >= 0.3 is 0 Å². The third-order valence-corrected chi connectivity index (χ3v) is 6.12. The monoisotopic (exact) mass is 415 g/mol. The van der Waals surface area contributed by atoms with Gasteiger partial charge in [0.25, 0.3) is 0 Å². The summed E-state index contributed by atoms with van der Waals surface area (Å²) in [5.41, 5.74) is 2.69. The number of amides is 1.